The van der Waals surface area contributed by atoms with Gasteiger partial charge in [0.1, 0.15) is 18.5 Å². The zero-order chi connectivity index (χ0) is 16.9. The van der Waals surface area contributed by atoms with Gasteiger partial charge in [0, 0.05) is 17.7 Å². The average molecular weight is 325 g/mol. The Balaban J connectivity index is 1.58. The quantitative estimate of drug-likeness (QED) is 0.811. The molecule has 0 spiro atoms. The largest absolute Gasteiger partial charge is 0.491 e. The molecule has 5 nitrogen and oxygen atoms in total. The third-order valence-electron chi connectivity index (χ3n) is 3.92. The number of hydrogen-bond donors (Lipinski definition) is 0. The van der Waals surface area contributed by atoms with E-state index in [9.17, 15) is 4.79 Å². The number of rotatable bonds is 4. The van der Waals surface area contributed by atoms with E-state index in [0.29, 0.717) is 37.8 Å². The lowest BCUT2D eigenvalue weighted by Gasteiger charge is -2.32. The summed E-state index contributed by atoms with van der Waals surface area (Å²) in [6.45, 7) is 3.70. The van der Waals surface area contributed by atoms with Gasteiger partial charge in [-0.1, -0.05) is 12.0 Å². The molecule has 3 rings (SSSR count). The molecule has 1 fully saturated rings. The Bertz CT molecular complexity index is 759. The monoisotopic (exact) mass is 325 g/mol. The van der Waals surface area contributed by atoms with E-state index in [-0.39, 0.29) is 12.0 Å². The first-order chi connectivity index (χ1) is 11.7. The van der Waals surface area contributed by atoms with Crippen LogP contribution in [0.2, 0.25) is 0 Å². The number of ether oxygens (including phenoxy) is 2. The summed E-state index contributed by atoms with van der Waals surface area (Å²) in [4.78, 5) is 14.2. The van der Waals surface area contributed by atoms with E-state index in [2.05, 4.69) is 5.92 Å². The predicted molar refractivity (Wildman–Crippen MR) is 89.0 cm³/mol. The highest BCUT2D eigenvalue weighted by molar-refractivity contribution is 5.92. The molecule has 1 aromatic carbocycles. The number of carbonyl (C=O) groups excluding carboxylic acids is 1. The molecular weight excluding hydrogens is 306 g/mol. The molecule has 1 unspecified atom stereocenters. The van der Waals surface area contributed by atoms with Crippen LogP contribution in [-0.4, -0.2) is 43.2 Å². The lowest BCUT2D eigenvalue weighted by atomic mass is 10.2. The van der Waals surface area contributed by atoms with E-state index in [1.165, 1.54) is 6.26 Å². The van der Waals surface area contributed by atoms with Gasteiger partial charge in [-0.3, -0.25) is 4.79 Å². The summed E-state index contributed by atoms with van der Waals surface area (Å²) in [6, 6.07) is 9.13. The summed E-state index contributed by atoms with van der Waals surface area (Å²) in [5, 5.41) is 0. The van der Waals surface area contributed by atoms with Crippen molar-refractivity contribution < 1.29 is 18.7 Å². The second-order valence-corrected chi connectivity index (χ2v) is 5.66. The second-order valence-electron chi connectivity index (χ2n) is 5.66. The summed E-state index contributed by atoms with van der Waals surface area (Å²) in [5.41, 5.74) is 1.60. The van der Waals surface area contributed by atoms with Crippen LogP contribution in [0.15, 0.2) is 41.0 Å². The molecule has 1 saturated heterocycles. The molecule has 0 saturated carbocycles. The van der Waals surface area contributed by atoms with Crippen molar-refractivity contribution in [2.75, 3.05) is 26.3 Å². The molecule has 5 heteroatoms. The maximum absolute atomic E-state index is 12.5. The van der Waals surface area contributed by atoms with Crippen LogP contribution in [0, 0.1) is 19.3 Å². The standard InChI is InChI=1S/C19H19NO4/c1-3-15-5-4-6-16(11-15)24-13-17-12-20(8-10-22-17)19(21)18-14(2)7-9-23-18/h1,4-7,9,11,17H,8,10,12-13H2,2H3. The Morgan fingerprint density at radius 2 is 2.33 bits per heavy atom. The molecule has 2 aromatic rings. The molecule has 0 radical (unpaired) electrons. The zero-order valence-electron chi connectivity index (χ0n) is 13.5. The van der Waals surface area contributed by atoms with Crippen LogP contribution < -0.4 is 4.74 Å². The maximum Gasteiger partial charge on any atom is 0.289 e. The van der Waals surface area contributed by atoms with Gasteiger partial charge in [-0.25, -0.2) is 0 Å². The number of aryl methyl sites for hydroxylation is 1. The Morgan fingerprint density at radius 3 is 3.08 bits per heavy atom. The summed E-state index contributed by atoms with van der Waals surface area (Å²) < 4.78 is 16.7. The first-order valence-electron chi connectivity index (χ1n) is 7.82. The fraction of sp³-hybridized carbons (Fsp3) is 0.316. The van der Waals surface area contributed by atoms with E-state index in [4.69, 9.17) is 20.3 Å². The molecule has 1 aliphatic heterocycles. The van der Waals surface area contributed by atoms with Crippen LogP contribution in [0.4, 0.5) is 0 Å². The second kappa shape index (κ2) is 7.24. The number of carbonyl (C=O) groups is 1. The summed E-state index contributed by atoms with van der Waals surface area (Å²) >= 11 is 0. The number of furan rings is 1. The highest BCUT2D eigenvalue weighted by Gasteiger charge is 2.27. The van der Waals surface area contributed by atoms with Crippen LogP contribution in [0.5, 0.6) is 5.75 Å². The number of hydrogen-bond acceptors (Lipinski definition) is 4. The third kappa shape index (κ3) is 3.61. The van der Waals surface area contributed by atoms with Gasteiger partial charge < -0.3 is 18.8 Å². The smallest absolute Gasteiger partial charge is 0.289 e. The van der Waals surface area contributed by atoms with Crippen LogP contribution >= 0.6 is 0 Å². The van der Waals surface area contributed by atoms with Crippen molar-refractivity contribution in [3.8, 4) is 18.1 Å². The topological polar surface area (TPSA) is 51.9 Å². The van der Waals surface area contributed by atoms with Gasteiger partial charge in [-0.05, 0) is 31.2 Å². The zero-order valence-corrected chi connectivity index (χ0v) is 13.5. The van der Waals surface area contributed by atoms with Crippen molar-refractivity contribution in [2.24, 2.45) is 0 Å². The van der Waals surface area contributed by atoms with E-state index < -0.39 is 0 Å². The van der Waals surface area contributed by atoms with Crippen molar-refractivity contribution in [3.05, 3.63) is 53.5 Å². The maximum atomic E-state index is 12.5. The van der Waals surface area contributed by atoms with E-state index >= 15 is 0 Å². The van der Waals surface area contributed by atoms with Gasteiger partial charge >= 0.3 is 0 Å². The molecule has 1 aliphatic rings. The first-order valence-corrected chi connectivity index (χ1v) is 7.82. The van der Waals surface area contributed by atoms with Gasteiger partial charge in [-0.2, -0.15) is 0 Å². The van der Waals surface area contributed by atoms with Gasteiger partial charge in [0.15, 0.2) is 5.76 Å². The van der Waals surface area contributed by atoms with Gasteiger partial charge in [-0.15, -0.1) is 6.42 Å². The van der Waals surface area contributed by atoms with Crippen molar-refractivity contribution in [3.63, 3.8) is 0 Å². The van der Waals surface area contributed by atoms with Crippen LogP contribution in [-0.2, 0) is 4.74 Å². The molecule has 0 bridgehead atoms. The number of morpholine rings is 1. The Kier molecular flexibility index (Phi) is 4.88. The molecule has 1 aromatic heterocycles. The van der Waals surface area contributed by atoms with Gasteiger partial charge in [0.25, 0.3) is 5.91 Å². The minimum Gasteiger partial charge on any atom is -0.491 e. The molecule has 124 valence electrons. The Morgan fingerprint density at radius 1 is 1.46 bits per heavy atom. The van der Waals surface area contributed by atoms with E-state index in [1.807, 2.05) is 25.1 Å². The number of nitrogens with zero attached hydrogens (tertiary/aromatic N) is 1. The van der Waals surface area contributed by atoms with Crippen LogP contribution in [0.3, 0.4) is 0 Å². The normalized spacial score (nSPS) is 17.3. The highest BCUT2D eigenvalue weighted by Crippen LogP contribution is 2.17. The van der Waals surface area contributed by atoms with E-state index in [0.717, 1.165) is 11.1 Å². The van der Waals surface area contributed by atoms with Gasteiger partial charge in [0.2, 0.25) is 0 Å². The molecule has 1 atom stereocenters. The number of amides is 1. The first kappa shape index (κ1) is 16.2. The fourth-order valence-corrected chi connectivity index (χ4v) is 2.60. The average Bonchev–Trinajstić information content (AvgIpc) is 3.05. The minimum absolute atomic E-state index is 0.111. The molecule has 2 heterocycles. The Hall–Kier alpha value is -2.71. The highest BCUT2D eigenvalue weighted by atomic mass is 16.5. The Labute approximate surface area is 141 Å². The SMILES string of the molecule is C#Cc1cccc(OCC2CN(C(=O)c3occc3C)CCO2)c1. The van der Waals surface area contributed by atoms with Crippen LogP contribution in [0.1, 0.15) is 21.7 Å². The fourth-order valence-electron chi connectivity index (χ4n) is 2.60. The molecular formula is C19H19NO4. The van der Waals surface area contributed by atoms with Crippen molar-refractivity contribution >= 4 is 5.91 Å². The predicted octanol–water partition coefficient (Wildman–Crippen LogP) is 2.49. The lowest BCUT2D eigenvalue weighted by molar-refractivity contribution is -0.0408. The van der Waals surface area contributed by atoms with E-state index in [1.54, 1.807) is 17.0 Å². The summed E-state index contributed by atoms with van der Waals surface area (Å²) in [7, 11) is 0. The van der Waals surface area contributed by atoms with Gasteiger partial charge in [0.05, 0.1) is 19.4 Å². The third-order valence-corrected chi connectivity index (χ3v) is 3.92. The molecule has 24 heavy (non-hydrogen) atoms. The number of benzene rings is 1. The molecule has 0 N–H and O–H groups in total. The van der Waals surface area contributed by atoms with Crippen molar-refractivity contribution in [2.45, 2.75) is 13.0 Å². The number of terminal acetylenes is 1. The van der Waals surface area contributed by atoms with Crippen molar-refractivity contribution in [1.82, 2.24) is 4.90 Å². The molecule has 1 amide bonds. The van der Waals surface area contributed by atoms with Crippen LogP contribution in [0.25, 0.3) is 0 Å². The minimum atomic E-state index is -0.188. The lowest BCUT2D eigenvalue weighted by Crippen LogP contribution is -2.47. The summed E-state index contributed by atoms with van der Waals surface area (Å²) in [5.74, 6) is 3.54. The van der Waals surface area contributed by atoms with Crippen molar-refractivity contribution in [1.29, 1.82) is 0 Å². The molecule has 0 aliphatic carbocycles. The summed E-state index contributed by atoms with van der Waals surface area (Å²) in [6.07, 6.45) is 6.73.